The minimum Gasteiger partial charge on any atom is -0.274 e. The second-order valence-corrected chi connectivity index (χ2v) is 4.69. The molecule has 0 bridgehead atoms. The van der Waals surface area contributed by atoms with E-state index in [-0.39, 0.29) is 5.82 Å². The van der Waals surface area contributed by atoms with E-state index in [0.717, 1.165) is 14.8 Å². The topological polar surface area (TPSA) is 17.8 Å². The Morgan fingerprint density at radius 2 is 2.20 bits per heavy atom. The molecule has 0 unspecified atom stereocenters. The van der Waals surface area contributed by atoms with Gasteiger partial charge in [0.25, 0.3) is 0 Å². The van der Waals surface area contributed by atoms with Gasteiger partial charge in [0.15, 0.2) is 0 Å². The summed E-state index contributed by atoms with van der Waals surface area (Å²) in [5.41, 5.74) is 1.53. The summed E-state index contributed by atoms with van der Waals surface area (Å²) in [6.45, 7) is 0. The molecule has 0 aliphatic heterocycles. The van der Waals surface area contributed by atoms with Crippen LogP contribution in [0.1, 0.15) is 0 Å². The minimum atomic E-state index is -0.338. The van der Waals surface area contributed by atoms with Gasteiger partial charge in [0.2, 0.25) is 0 Å². The van der Waals surface area contributed by atoms with Gasteiger partial charge in [0.1, 0.15) is 11.5 Å². The maximum absolute atomic E-state index is 12.9. The number of aryl methyl sites for hydroxylation is 1. The molecule has 15 heavy (non-hydrogen) atoms. The van der Waals surface area contributed by atoms with Crippen LogP contribution in [0.5, 0.6) is 0 Å². The van der Waals surface area contributed by atoms with Gasteiger partial charge < -0.3 is 0 Å². The lowest BCUT2D eigenvalue weighted by atomic mass is 10.1. The van der Waals surface area contributed by atoms with Crippen molar-refractivity contribution in [3.8, 4) is 11.3 Å². The van der Waals surface area contributed by atoms with Crippen molar-refractivity contribution >= 4 is 34.2 Å². The Morgan fingerprint density at radius 3 is 2.73 bits per heavy atom. The van der Waals surface area contributed by atoms with Crippen LogP contribution < -0.4 is 0 Å². The van der Waals surface area contributed by atoms with E-state index in [2.05, 4.69) is 27.7 Å². The molecule has 5 heteroatoms. The van der Waals surface area contributed by atoms with Crippen LogP contribution in [0.4, 0.5) is 4.39 Å². The van der Waals surface area contributed by atoms with Gasteiger partial charge in [-0.2, -0.15) is 5.10 Å². The normalized spacial score (nSPS) is 10.7. The third-order valence-corrected chi connectivity index (χ3v) is 3.07. The molecule has 0 saturated carbocycles. The average Bonchev–Trinajstić information content (AvgIpc) is 2.45. The van der Waals surface area contributed by atoms with E-state index in [1.807, 2.05) is 13.2 Å². The smallest absolute Gasteiger partial charge is 0.124 e. The van der Waals surface area contributed by atoms with Crippen molar-refractivity contribution in [2.45, 2.75) is 0 Å². The molecule has 0 N–H and O–H groups in total. The van der Waals surface area contributed by atoms with Crippen molar-refractivity contribution < 1.29 is 4.39 Å². The highest BCUT2D eigenvalue weighted by molar-refractivity contribution is 14.1. The van der Waals surface area contributed by atoms with E-state index < -0.39 is 0 Å². The van der Waals surface area contributed by atoms with Gasteiger partial charge in [0, 0.05) is 18.8 Å². The quantitative estimate of drug-likeness (QED) is 0.729. The van der Waals surface area contributed by atoms with Crippen LogP contribution in [-0.2, 0) is 7.05 Å². The Kier molecular flexibility index (Phi) is 2.97. The fourth-order valence-electron chi connectivity index (χ4n) is 1.32. The molecule has 1 heterocycles. The molecule has 1 aromatic carbocycles. The van der Waals surface area contributed by atoms with Gasteiger partial charge in [-0.1, -0.05) is 11.6 Å². The zero-order valence-electron chi connectivity index (χ0n) is 7.84. The molecule has 1 aromatic heterocycles. The molecule has 0 spiro atoms. The predicted octanol–water partition coefficient (Wildman–Crippen LogP) is 3.48. The number of halogens is 3. The highest BCUT2D eigenvalue weighted by atomic mass is 127. The van der Waals surface area contributed by atoms with Crippen molar-refractivity contribution in [3.05, 3.63) is 38.8 Å². The van der Waals surface area contributed by atoms with Crippen molar-refractivity contribution in [2.24, 2.45) is 7.05 Å². The van der Waals surface area contributed by atoms with Gasteiger partial charge in [0.05, 0.1) is 8.59 Å². The van der Waals surface area contributed by atoms with Gasteiger partial charge in [-0.25, -0.2) is 4.39 Å². The van der Waals surface area contributed by atoms with Crippen LogP contribution >= 0.6 is 34.2 Å². The SMILES string of the molecule is Cn1cc(I)c(-c2ccc(F)cc2Cl)n1. The largest absolute Gasteiger partial charge is 0.274 e. The molecule has 78 valence electrons. The van der Waals surface area contributed by atoms with Crippen LogP contribution in [-0.4, -0.2) is 9.78 Å². The van der Waals surface area contributed by atoms with Crippen LogP contribution in [0.15, 0.2) is 24.4 Å². The highest BCUT2D eigenvalue weighted by Crippen LogP contribution is 2.30. The highest BCUT2D eigenvalue weighted by Gasteiger charge is 2.11. The van der Waals surface area contributed by atoms with E-state index in [1.165, 1.54) is 12.1 Å². The van der Waals surface area contributed by atoms with Crippen LogP contribution in [0.25, 0.3) is 11.3 Å². The first-order valence-electron chi connectivity index (χ1n) is 4.22. The van der Waals surface area contributed by atoms with Crippen molar-refractivity contribution in [3.63, 3.8) is 0 Å². The monoisotopic (exact) mass is 336 g/mol. The summed E-state index contributed by atoms with van der Waals surface area (Å²) in [5, 5.41) is 4.65. The number of nitrogens with zero attached hydrogens (tertiary/aromatic N) is 2. The second kappa shape index (κ2) is 4.09. The zero-order valence-corrected chi connectivity index (χ0v) is 10.8. The summed E-state index contributed by atoms with van der Waals surface area (Å²) < 4.78 is 15.6. The Hall–Kier alpha value is -0.620. The number of rotatable bonds is 1. The van der Waals surface area contributed by atoms with E-state index in [1.54, 1.807) is 10.7 Å². The molecule has 0 amide bonds. The average molecular weight is 337 g/mol. The van der Waals surface area contributed by atoms with Gasteiger partial charge in [-0.15, -0.1) is 0 Å². The van der Waals surface area contributed by atoms with E-state index in [9.17, 15) is 4.39 Å². The number of hydrogen-bond donors (Lipinski definition) is 0. The fraction of sp³-hybridized carbons (Fsp3) is 0.100. The molecule has 2 nitrogen and oxygen atoms in total. The maximum atomic E-state index is 12.9. The first-order chi connectivity index (χ1) is 7.08. The van der Waals surface area contributed by atoms with E-state index in [4.69, 9.17) is 11.6 Å². The van der Waals surface area contributed by atoms with Crippen molar-refractivity contribution in [2.75, 3.05) is 0 Å². The third kappa shape index (κ3) is 2.15. The minimum absolute atomic E-state index is 0.338. The van der Waals surface area contributed by atoms with Crippen LogP contribution in [0.2, 0.25) is 5.02 Å². The summed E-state index contributed by atoms with van der Waals surface area (Å²) in [7, 11) is 1.84. The second-order valence-electron chi connectivity index (χ2n) is 3.12. The zero-order chi connectivity index (χ0) is 11.0. The molecule has 0 saturated heterocycles. The van der Waals surface area contributed by atoms with E-state index in [0.29, 0.717) is 5.02 Å². The lowest BCUT2D eigenvalue weighted by Gasteiger charge is -2.01. The molecule has 0 radical (unpaired) electrons. The Bertz CT molecular complexity index is 510. The van der Waals surface area contributed by atoms with Gasteiger partial charge >= 0.3 is 0 Å². The Labute approximate surface area is 105 Å². The summed E-state index contributed by atoms with van der Waals surface area (Å²) >= 11 is 8.13. The molecular formula is C10H7ClFIN2. The van der Waals surface area contributed by atoms with Gasteiger partial charge in [-0.05, 0) is 40.8 Å². The molecule has 2 aromatic rings. The standard InChI is InChI=1S/C10H7ClFIN2/c1-15-5-9(13)10(14-15)7-3-2-6(12)4-8(7)11/h2-5H,1H3. The summed E-state index contributed by atoms with van der Waals surface area (Å²) in [5.74, 6) is -0.338. The van der Waals surface area contributed by atoms with Crippen LogP contribution in [0.3, 0.4) is 0 Å². The predicted molar refractivity (Wildman–Crippen MR) is 66.3 cm³/mol. The molecule has 2 rings (SSSR count). The molecule has 0 aliphatic carbocycles. The van der Waals surface area contributed by atoms with E-state index >= 15 is 0 Å². The molecule has 0 aliphatic rings. The first-order valence-corrected chi connectivity index (χ1v) is 5.68. The number of aromatic nitrogens is 2. The van der Waals surface area contributed by atoms with Gasteiger partial charge in [-0.3, -0.25) is 4.68 Å². The molecule has 0 fully saturated rings. The summed E-state index contributed by atoms with van der Waals surface area (Å²) in [4.78, 5) is 0. The Balaban J connectivity index is 2.59. The Morgan fingerprint density at radius 1 is 1.47 bits per heavy atom. The summed E-state index contributed by atoms with van der Waals surface area (Å²) in [6.07, 6.45) is 1.88. The van der Waals surface area contributed by atoms with Crippen LogP contribution in [0, 0.1) is 9.39 Å². The number of hydrogen-bond acceptors (Lipinski definition) is 1. The lowest BCUT2D eigenvalue weighted by Crippen LogP contribution is -1.89. The van der Waals surface area contributed by atoms with Crippen molar-refractivity contribution in [1.82, 2.24) is 9.78 Å². The van der Waals surface area contributed by atoms with Crippen molar-refractivity contribution in [1.29, 1.82) is 0 Å². The fourth-order valence-corrected chi connectivity index (χ4v) is 2.38. The third-order valence-electron chi connectivity index (χ3n) is 1.97. The maximum Gasteiger partial charge on any atom is 0.124 e. The molecular weight excluding hydrogens is 329 g/mol. The first kappa shape index (κ1) is 10.9. The summed E-state index contributed by atoms with van der Waals surface area (Å²) in [6, 6.07) is 4.32. The lowest BCUT2D eigenvalue weighted by molar-refractivity contribution is 0.628. The number of benzene rings is 1. The molecule has 0 atom stereocenters.